The van der Waals surface area contributed by atoms with Crippen LogP contribution >= 0.6 is 34.4 Å². The Morgan fingerprint density at radius 1 is 0.610 bits per heavy atom. The molecule has 6 aromatic rings. The summed E-state index contributed by atoms with van der Waals surface area (Å²) in [6, 6.07) is 21.8. The second-order valence-corrected chi connectivity index (χ2v) is 12.0. The lowest BCUT2D eigenvalue weighted by Crippen LogP contribution is -2.16. The number of thiophene rings is 2. The van der Waals surface area contributed by atoms with E-state index in [0.717, 1.165) is 93.0 Å². The van der Waals surface area contributed by atoms with Gasteiger partial charge in [-0.15, -0.1) is 35.8 Å². The van der Waals surface area contributed by atoms with Crippen molar-refractivity contribution < 1.29 is 22.6 Å². The number of nitrogens with zero attached hydrogens (tertiary/aromatic N) is 4. The summed E-state index contributed by atoms with van der Waals surface area (Å²) in [7, 11) is 1.65. The molecule has 0 fully saturated rings. The fourth-order valence-corrected chi connectivity index (χ4v) is 7.79. The zero-order chi connectivity index (χ0) is 28.1. The topological polar surface area (TPSA) is 69.0 Å². The van der Waals surface area contributed by atoms with E-state index in [0.29, 0.717) is 0 Å². The SMILES string of the molecule is COc1ccc(-c2ccc(-c3c4c(c(-c5ccc(-c6ccc(OC(F)(F)F)cc6)s5)c5nsnc35)N=S=N4)s2)cc1. The molecule has 0 amide bonds. The second kappa shape index (κ2) is 10.2. The number of hydrogen-bond acceptors (Lipinski definition) is 9. The van der Waals surface area contributed by atoms with Crippen LogP contribution in [0.5, 0.6) is 11.5 Å². The number of rotatable bonds is 6. The third-order valence-electron chi connectivity index (χ3n) is 6.38. The van der Waals surface area contributed by atoms with Crippen molar-refractivity contribution in [3.8, 4) is 53.3 Å². The lowest BCUT2D eigenvalue weighted by molar-refractivity contribution is -0.274. The molecule has 0 saturated heterocycles. The van der Waals surface area contributed by atoms with E-state index in [1.54, 1.807) is 30.6 Å². The fraction of sp³-hybridized carbons (Fsp3) is 0.0714. The standard InChI is InChI=1S/C28H15F3N4O2S4/c1-36-16-6-2-14(3-7-16)18-10-12-20(38-18)22-24-26(34-40-32-24)23(27-25(22)33-41-35-27)21-13-11-19(39-21)15-4-8-17(9-5-15)37-28(29,30)31/h2-13H,1H3. The zero-order valence-electron chi connectivity index (χ0n) is 20.8. The van der Waals surface area contributed by atoms with Gasteiger partial charge in [-0.05, 0) is 83.9 Å². The third kappa shape index (κ3) is 4.84. The van der Waals surface area contributed by atoms with Crippen LogP contribution in [-0.2, 0) is 11.4 Å². The first-order chi connectivity index (χ1) is 19.9. The molecule has 3 aromatic heterocycles. The molecule has 0 unspecified atom stereocenters. The van der Waals surface area contributed by atoms with E-state index in [9.17, 15) is 13.2 Å². The Kier molecular flexibility index (Phi) is 6.46. The smallest absolute Gasteiger partial charge is 0.497 e. The molecule has 41 heavy (non-hydrogen) atoms. The van der Waals surface area contributed by atoms with Crippen LogP contribution in [0.15, 0.2) is 81.5 Å². The highest BCUT2D eigenvalue weighted by atomic mass is 32.1. The number of alkyl halides is 3. The summed E-state index contributed by atoms with van der Waals surface area (Å²) in [4.78, 5) is 3.93. The van der Waals surface area contributed by atoms with Crippen LogP contribution in [0.1, 0.15) is 0 Å². The minimum absolute atomic E-state index is 0.261. The number of aromatic nitrogens is 2. The van der Waals surface area contributed by atoms with Crippen LogP contribution in [0.2, 0.25) is 0 Å². The summed E-state index contributed by atoms with van der Waals surface area (Å²) < 4.78 is 65.6. The van der Waals surface area contributed by atoms with Crippen molar-refractivity contribution in [3.05, 3.63) is 72.8 Å². The average molecular weight is 625 g/mol. The molecule has 0 bridgehead atoms. The first-order valence-electron chi connectivity index (χ1n) is 12.0. The molecular weight excluding hydrogens is 610 g/mol. The van der Waals surface area contributed by atoms with Gasteiger partial charge in [0.2, 0.25) is 0 Å². The normalized spacial score (nSPS) is 12.5. The van der Waals surface area contributed by atoms with E-state index in [4.69, 9.17) is 4.74 Å². The number of ether oxygens (including phenoxy) is 2. The summed E-state index contributed by atoms with van der Waals surface area (Å²) in [5, 5.41) is 0. The Hall–Kier alpha value is -3.91. The predicted octanol–water partition coefficient (Wildman–Crippen LogP) is 10.1. The van der Waals surface area contributed by atoms with E-state index in [2.05, 4.69) is 34.3 Å². The molecule has 1 aliphatic heterocycles. The molecule has 0 radical (unpaired) electrons. The zero-order valence-corrected chi connectivity index (χ0v) is 24.1. The Labute approximate surface area is 246 Å². The number of hydrogen-bond donors (Lipinski definition) is 0. The average Bonchev–Trinajstić information content (AvgIpc) is 3.78. The third-order valence-corrected chi connectivity index (χ3v) is 9.74. The van der Waals surface area contributed by atoms with Gasteiger partial charge in [0.25, 0.3) is 0 Å². The quantitative estimate of drug-likeness (QED) is 0.185. The van der Waals surface area contributed by atoms with Gasteiger partial charge >= 0.3 is 6.36 Å². The molecule has 6 nitrogen and oxygen atoms in total. The molecule has 1 aliphatic rings. The van der Waals surface area contributed by atoms with Gasteiger partial charge in [-0.2, -0.15) is 17.5 Å². The number of benzene rings is 3. The highest BCUT2D eigenvalue weighted by Gasteiger charge is 2.31. The first kappa shape index (κ1) is 26.0. The molecule has 0 atom stereocenters. The van der Waals surface area contributed by atoms with E-state index >= 15 is 0 Å². The van der Waals surface area contributed by atoms with Crippen LogP contribution in [0.3, 0.4) is 0 Å². The molecule has 7 rings (SSSR count). The van der Waals surface area contributed by atoms with Crippen LogP contribution < -0.4 is 9.47 Å². The van der Waals surface area contributed by atoms with Gasteiger partial charge in [0.15, 0.2) is 0 Å². The summed E-state index contributed by atoms with van der Waals surface area (Å²) in [5.74, 6) is 0.540. The largest absolute Gasteiger partial charge is 0.573 e. The number of halogens is 3. The molecule has 0 aliphatic carbocycles. The van der Waals surface area contributed by atoms with Gasteiger partial charge in [0, 0.05) is 30.6 Å². The molecule has 0 spiro atoms. The first-order valence-corrected chi connectivity index (χ1v) is 15.1. The van der Waals surface area contributed by atoms with Crippen molar-refractivity contribution in [2.75, 3.05) is 7.11 Å². The van der Waals surface area contributed by atoms with Gasteiger partial charge in [0.05, 0.1) is 30.2 Å². The summed E-state index contributed by atoms with van der Waals surface area (Å²) in [5.41, 5.74) is 6.62. The van der Waals surface area contributed by atoms with Gasteiger partial charge in [-0.1, -0.05) is 0 Å². The Morgan fingerprint density at radius 2 is 1.07 bits per heavy atom. The minimum atomic E-state index is -4.73. The molecule has 4 heterocycles. The van der Waals surface area contributed by atoms with Gasteiger partial charge in [-0.3, -0.25) is 0 Å². The van der Waals surface area contributed by atoms with E-state index in [1.165, 1.54) is 23.5 Å². The highest BCUT2D eigenvalue weighted by Crippen LogP contribution is 2.54. The van der Waals surface area contributed by atoms with Crippen molar-refractivity contribution in [1.82, 2.24) is 8.75 Å². The van der Waals surface area contributed by atoms with E-state index < -0.39 is 6.36 Å². The van der Waals surface area contributed by atoms with Crippen molar-refractivity contribution in [2.24, 2.45) is 8.73 Å². The van der Waals surface area contributed by atoms with Crippen LogP contribution in [-0.4, -0.2) is 22.2 Å². The van der Waals surface area contributed by atoms with Crippen molar-refractivity contribution >= 4 is 68.2 Å². The number of methoxy groups -OCH3 is 1. The summed E-state index contributed by atoms with van der Waals surface area (Å²) >= 11 is 5.43. The molecule has 204 valence electrons. The van der Waals surface area contributed by atoms with Crippen LogP contribution in [0, 0.1) is 0 Å². The lowest BCUT2D eigenvalue weighted by Gasteiger charge is -2.10. The maximum atomic E-state index is 12.6. The van der Waals surface area contributed by atoms with Crippen molar-refractivity contribution in [1.29, 1.82) is 0 Å². The molecule has 0 saturated carbocycles. The fourth-order valence-electron chi connectivity index (χ4n) is 4.56. The summed E-state index contributed by atoms with van der Waals surface area (Å²) in [6.07, 6.45) is -4.73. The van der Waals surface area contributed by atoms with Crippen LogP contribution in [0.4, 0.5) is 24.5 Å². The molecular formula is C28H15F3N4O2S4. The predicted molar refractivity (Wildman–Crippen MR) is 160 cm³/mol. The van der Waals surface area contributed by atoms with E-state index in [1.807, 2.05) is 36.4 Å². The summed E-state index contributed by atoms with van der Waals surface area (Å²) in [6.45, 7) is 0. The Bertz CT molecular complexity index is 1990. The lowest BCUT2D eigenvalue weighted by atomic mass is 10.0. The van der Waals surface area contributed by atoms with Gasteiger partial charge in [0.1, 0.15) is 33.9 Å². The second-order valence-electron chi connectivity index (χ2n) is 8.80. The molecule has 13 heteroatoms. The van der Waals surface area contributed by atoms with E-state index in [-0.39, 0.29) is 5.75 Å². The molecule has 3 aromatic carbocycles. The minimum Gasteiger partial charge on any atom is -0.497 e. The highest BCUT2D eigenvalue weighted by molar-refractivity contribution is 7.58. The van der Waals surface area contributed by atoms with Crippen LogP contribution in [0.25, 0.3) is 52.8 Å². The van der Waals surface area contributed by atoms with Crippen molar-refractivity contribution in [2.45, 2.75) is 6.36 Å². The Balaban J connectivity index is 1.28. The maximum Gasteiger partial charge on any atom is 0.573 e. The Morgan fingerprint density at radius 3 is 1.54 bits per heavy atom. The van der Waals surface area contributed by atoms with Crippen molar-refractivity contribution in [3.63, 3.8) is 0 Å². The molecule has 0 N–H and O–H groups in total. The van der Waals surface area contributed by atoms with Gasteiger partial charge < -0.3 is 9.47 Å². The monoisotopic (exact) mass is 624 g/mol. The van der Waals surface area contributed by atoms with Gasteiger partial charge in [-0.25, -0.2) is 0 Å². The maximum absolute atomic E-state index is 12.6. The number of fused-ring (bicyclic) bond motifs is 2.